The zero-order valence-electron chi connectivity index (χ0n) is 32.8. The number of rotatable bonds is 8. The molecule has 4 fully saturated rings. The predicted molar refractivity (Wildman–Crippen MR) is 212 cm³/mol. The number of hydrogen-bond donors (Lipinski definition) is 2. The molecule has 6 heterocycles. The summed E-state index contributed by atoms with van der Waals surface area (Å²) in [6, 6.07) is 11.5. The number of amides is 2. The molecule has 2 saturated carbocycles. The van der Waals surface area contributed by atoms with E-state index in [1.165, 1.54) is 0 Å². The van der Waals surface area contributed by atoms with E-state index in [0.29, 0.717) is 62.9 Å². The number of aromatic nitrogens is 4. The van der Waals surface area contributed by atoms with Crippen molar-refractivity contribution in [2.24, 2.45) is 0 Å². The second-order valence-corrected chi connectivity index (χ2v) is 15.8. The highest BCUT2D eigenvalue weighted by Gasteiger charge is 2.38. The molecule has 14 nitrogen and oxygen atoms in total. The van der Waals surface area contributed by atoms with Gasteiger partial charge in [-0.05, 0) is 63.8 Å². The summed E-state index contributed by atoms with van der Waals surface area (Å²) in [5.41, 5.74) is 0.620. The summed E-state index contributed by atoms with van der Waals surface area (Å²) in [4.78, 5) is 46.5. The third-order valence-corrected chi connectivity index (χ3v) is 11.4. The Morgan fingerprint density at radius 3 is 1.48 bits per heavy atom. The lowest BCUT2D eigenvalue weighted by Crippen LogP contribution is -2.54. The molecule has 0 spiro atoms. The Morgan fingerprint density at radius 2 is 1.10 bits per heavy atom. The first-order valence-electron chi connectivity index (χ1n) is 20.0. The molecule has 2 aliphatic heterocycles. The van der Waals surface area contributed by atoms with Crippen LogP contribution in [0.4, 0.5) is 20.2 Å². The normalized spacial score (nSPS) is 23.7. The lowest BCUT2D eigenvalue weighted by Gasteiger charge is -2.38. The van der Waals surface area contributed by atoms with Crippen molar-refractivity contribution in [3.05, 3.63) is 60.4 Å². The average Bonchev–Trinajstić information content (AvgIpc) is 3.89. The molecule has 0 radical (unpaired) electrons. The Labute approximate surface area is 335 Å². The second-order valence-electron chi connectivity index (χ2n) is 15.8. The molecule has 4 aromatic heterocycles. The van der Waals surface area contributed by atoms with Crippen LogP contribution in [0.25, 0.3) is 21.8 Å². The molecular weight excluding hydrogens is 747 g/mol. The van der Waals surface area contributed by atoms with Crippen molar-refractivity contribution in [2.45, 2.75) is 101 Å². The van der Waals surface area contributed by atoms with Gasteiger partial charge >= 0.3 is 0 Å². The summed E-state index contributed by atoms with van der Waals surface area (Å²) >= 11 is 0. The van der Waals surface area contributed by atoms with Crippen molar-refractivity contribution >= 4 is 45.0 Å². The van der Waals surface area contributed by atoms with Gasteiger partial charge in [-0.15, -0.1) is 0 Å². The van der Waals surface area contributed by atoms with Crippen molar-refractivity contribution in [3.8, 4) is 12.1 Å². The van der Waals surface area contributed by atoms with Gasteiger partial charge in [0.15, 0.2) is 23.6 Å². The molecule has 2 amide bonds. The summed E-state index contributed by atoms with van der Waals surface area (Å²) < 4.78 is 40.9. The highest BCUT2D eigenvalue weighted by molar-refractivity contribution is 5.95. The van der Waals surface area contributed by atoms with Crippen molar-refractivity contribution in [1.82, 2.24) is 30.6 Å². The van der Waals surface area contributed by atoms with E-state index in [9.17, 15) is 28.9 Å². The summed E-state index contributed by atoms with van der Waals surface area (Å²) in [5.74, 6) is -0.594. The molecule has 58 heavy (non-hydrogen) atoms. The van der Waals surface area contributed by atoms with Gasteiger partial charge in [-0.25, -0.2) is 18.7 Å². The number of carbonyl (C=O) groups excluding carboxylic acids is 2. The minimum Gasteiger partial charge on any atom is -0.364 e. The molecule has 2 aliphatic carbocycles. The van der Waals surface area contributed by atoms with Crippen LogP contribution in [0.5, 0.6) is 0 Å². The Morgan fingerprint density at radius 1 is 0.707 bits per heavy atom. The number of nitriles is 2. The number of alkyl halides is 2. The smallest absolute Gasteiger partial charge is 0.251 e. The molecule has 2 N–H and O–H groups in total. The third kappa shape index (κ3) is 9.09. The van der Waals surface area contributed by atoms with Gasteiger partial charge in [-0.2, -0.15) is 10.5 Å². The lowest BCUT2D eigenvalue weighted by molar-refractivity contribution is -0.138. The zero-order chi connectivity index (χ0) is 40.9. The monoisotopic (exact) mass is 794 g/mol. The van der Waals surface area contributed by atoms with Gasteiger partial charge in [0.1, 0.15) is 34.5 Å². The Hall–Kier alpha value is -5.58. The van der Waals surface area contributed by atoms with E-state index in [4.69, 9.17) is 9.47 Å². The SMILES string of the molecule is CC1CN(c2cnc(C#N)c3ncccc23)CC(C(=O)NCC2(F)CCCC2)O1.CC1CN(c2cnc(C#N)c3ncccc23)CC(C(=O)NCC2(F)CCCC2)O1. The molecule has 0 bridgehead atoms. The quantitative estimate of drug-likeness (QED) is 0.244. The molecule has 0 aromatic carbocycles. The fraction of sp³-hybridized carbons (Fsp3) is 0.524. The number of anilines is 2. The maximum atomic E-state index is 14.6. The van der Waals surface area contributed by atoms with Gasteiger partial charge in [-0.1, -0.05) is 25.7 Å². The van der Waals surface area contributed by atoms with Crippen LogP contribution in [0.3, 0.4) is 0 Å². The maximum absolute atomic E-state index is 14.6. The van der Waals surface area contributed by atoms with E-state index in [0.717, 1.165) is 47.8 Å². The molecule has 16 heteroatoms. The first kappa shape index (κ1) is 40.6. The van der Waals surface area contributed by atoms with Crippen LogP contribution in [-0.4, -0.2) is 107 Å². The summed E-state index contributed by atoms with van der Waals surface area (Å²) in [7, 11) is 0. The van der Waals surface area contributed by atoms with E-state index in [2.05, 4.69) is 42.7 Å². The van der Waals surface area contributed by atoms with Gasteiger partial charge in [0.05, 0.1) is 62.2 Å². The molecular formula is C42H48F2N10O4. The topological polar surface area (TPSA) is 182 Å². The van der Waals surface area contributed by atoms with Gasteiger partial charge in [0.2, 0.25) is 0 Å². The zero-order valence-corrected chi connectivity index (χ0v) is 32.8. The summed E-state index contributed by atoms with van der Waals surface area (Å²) in [6.45, 7) is 5.68. The number of nitrogens with one attached hydrogen (secondary N) is 2. The van der Waals surface area contributed by atoms with Crippen molar-refractivity contribution < 1.29 is 27.8 Å². The highest BCUT2D eigenvalue weighted by Crippen LogP contribution is 2.35. The summed E-state index contributed by atoms with van der Waals surface area (Å²) in [6.07, 6.45) is 10.2. The van der Waals surface area contributed by atoms with Crippen LogP contribution in [0.15, 0.2) is 49.1 Å². The first-order chi connectivity index (χ1) is 28.0. The second kappa shape index (κ2) is 17.5. The number of morpholine rings is 2. The Balaban J connectivity index is 0.000000177. The van der Waals surface area contributed by atoms with Crippen molar-refractivity contribution in [3.63, 3.8) is 0 Å². The van der Waals surface area contributed by atoms with Gasteiger partial charge < -0.3 is 29.9 Å². The number of hydrogen-bond acceptors (Lipinski definition) is 12. The van der Waals surface area contributed by atoms with E-state index in [1.54, 1.807) is 24.8 Å². The fourth-order valence-corrected chi connectivity index (χ4v) is 8.46. The van der Waals surface area contributed by atoms with Gasteiger partial charge in [0, 0.05) is 36.3 Å². The molecule has 4 unspecified atom stereocenters. The number of nitrogens with zero attached hydrogens (tertiary/aromatic N) is 8. The maximum Gasteiger partial charge on any atom is 0.251 e. The largest absolute Gasteiger partial charge is 0.364 e. The van der Waals surface area contributed by atoms with E-state index >= 15 is 0 Å². The van der Waals surface area contributed by atoms with E-state index < -0.39 is 23.5 Å². The van der Waals surface area contributed by atoms with Crippen molar-refractivity contribution in [1.29, 1.82) is 10.5 Å². The minimum atomic E-state index is -1.30. The lowest BCUT2D eigenvalue weighted by atomic mass is 10.0. The number of fused-ring (bicyclic) bond motifs is 2. The molecule has 304 valence electrons. The number of carbonyl (C=O) groups is 2. The standard InChI is InChI=1S/2C21H24FN5O2/c2*1-14-11-27(17-10-25-16(9-23)19-15(17)5-4-8-24-19)12-18(29-14)20(28)26-13-21(22)6-2-3-7-21/h2*4-5,8,10,14,18H,2-3,6-7,11-13H2,1H3,(H,26,28). The van der Waals surface area contributed by atoms with Gasteiger partial charge in [-0.3, -0.25) is 19.6 Å². The summed E-state index contributed by atoms with van der Waals surface area (Å²) in [5, 5.41) is 25.7. The molecule has 2 saturated heterocycles. The van der Waals surface area contributed by atoms with E-state index in [-0.39, 0.29) is 48.5 Å². The van der Waals surface area contributed by atoms with Crippen LogP contribution >= 0.6 is 0 Å². The third-order valence-electron chi connectivity index (χ3n) is 11.4. The molecule has 4 aliphatic rings. The average molecular weight is 795 g/mol. The number of ether oxygens (including phenoxy) is 2. The number of halogens is 2. The van der Waals surface area contributed by atoms with Crippen LogP contribution in [0, 0.1) is 22.7 Å². The molecule has 4 aromatic rings. The van der Waals surface area contributed by atoms with Gasteiger partial charge in [0.25, 0.3) is 11.8 Å². The van der Waals surface area contributed by atoms with Crippen LogP contribution in [0.1, 0.15) is 76.6 Å². The molecule has 8 rings (SSSR count). The predicted octanol–water partition coefficient (Wildman–Crippen LogP) is 4.99. The van der Waals surface area contributed by atoms with Crippen LogP contribution in [0.2, 0.25) is 0 Å². The van der Waals surface area contributed by atoms with Crippen LogP contribution < -0.4 is 20.4 Å². The molecule has 4 atom stereocenters. The minimum absolute atomic E-state index is 0.0331. The van der Waals surface area contributed by atoms with Crippen molar-refractivity contribution in [2.75, 3.05) is 49.1 Å². The number of pyridine rings is 4. The Kier molecular flexibility index (Phi) is 12.3. The van der Waals surface area contributed by atoms with Crippen LogP contribution in [-0.2, 0) is 19.1 Å². The fourth-order valence-electron chi connectivity index (χ4n) is 8.46. The Bertz CT molecular complexity index is 2060. The van der Waals surface area contributed by atoms with E-state index in [1.807, 2.05) is 47.9 Å². The first-order valence-corrected chi connectivity index (χ1v) is 20.0. The highest BCUT2D eigenvalue weighted by atomic mass is 19.1.